The van der Waals surface area contributed by atoms with E-state index in [-0.39, 0.29) is 34.3 Å². The van der Waals surface area contributed by atoms with Gasteiger partial charge < -0.3 is 25.2 Å². The Kier molecular flexibility index (Phi) is 5.62. The molecule has 4 N–H and O–H groups in total. The van der Waals surface area contributed by atoms with Gasteiger partial charge in [-0.3, -0.25) is 0 Å². The van der Waals surface area contributed by atoms with Crippen LogP contribution in [0.5, 0.6) is 28.7 Å². The SMILES string of the molecule is CC1(C2CCCCC2)CC(c2ccc(O)cc2O)(C2CCCCC2)Oc2c1ccc(O)c2O. The van der Waals surface area contributed by atoms with Gasteiger partial charge in [-0.1, -0.05) is 51.5 Å². The molecule has 0 saturated heterocycles. The molecule has 0 radical (unpaired) electrons. The van der Waals surface area contributed by atoms with E-state index in [1.54, 1.807) is 18.2 Å². The van der Waals surface area contributed by atoms with Crippen molar-refractivity contribution >= 4 is 0 Å². The average Bonchev–Trinajstić information content (AvgIpc) is 2.82. The first-order valence-corrected chi connectivity index (χ1v) is 12.6. The zero-order valence-electron chi connectivity index (χ0n) is 19.5. The van der Waals surface area contributed by atoms with Gasteiger partial charge in [-0.05, 0) is 49.8 Å². The smallest absolute Gasteiger partial charge is 0.200 e. The number of phenols is 4. The van der Waals surface area contributed by atoms with Crippen molar-refractivity contribution in [2.75, 3.05) is 0 Å². The Morgan fingerprint density at radius 2 is 1.33 bits per heavy atom. The third kappa shape index (κ3) is 3.60. The van der Waals surface area contributed by atoms with Crippen molar-refractivity contribution in [2.24, 2.45) is 11.8 Å². The first-order valence-electron chi connectivity index (χ1n) is 12.6. The van der Waals surface area contributed by atoms with E-state index < -0.39 is 5.60 Å². The zero-order chi connectivity index (χ0) is 23.2. The Morgan fingerprint density at radius 1 is 0.727 bits per heavy atom. The highest BCUT2D eigenvalue weighted by Crippen LogP contribution is 2.62. The molecule has 0 bridgehead atoms. The van der Waals surface area contributed by atoms with Crippen molar-refractivity contribution in [3.8, 4) is 28.7 Å². The summed E-state index contributed by atoms with van der Waals surface area (Å²) in [4.78, 5) is 0. The Morgan fingerprint density at radius 3 is 1.97 bits per heavy atom. The maximum Gasteiger partial charge on any atom is 0.200 e. The van der Waals surface area contributed by atoms with E-state index in [1.165, 1.54) is 31.7 Å². The van der Waals surface area contributed by atoms with Gasteiger partial charge in [-0.2, -0.15) is 0 Å². The highest BCUT2D eigenvalue weighted by Gasteiger charge is 2.56. The van der Waals surface area contributed by atoms with E-state index in [4.69, 9.17) is 4.74 Å². The summed E-state index contributed by atoms with van der Waals surface area (Å²) >= 11 is 0. The third-order valence-electron chi connectivity index (χ3n) is 8.85. The van der Waals surface area contributed by atoms with Crippen LogP contribution in [0.25, 0.3) is 0 Å². The van der Waals surface area contributed by atoms with Crippen molar-refractivity contribution in [3.63, 3.8) is 0 Å². The van der Waals surface area contributed by atoms with Crippen LogP contribution in [-0.4, -0.2) is 20.4 Å². The van der Waals surface area contributed by atoms with E-state index in [0.717, 1.165) is 44.1 Å². The molecule has 5 heteroatoms. The lowest BCUT2D eigenvalue weighted by Gasteiger charge is -2.54. The first-order chi connectivity index (χ1) is 15.8. The largest absolute Gasteiger partial charge is 0.508 e. The van der Waals surface area contributed by atoms with Crippen molar-refractivity contribution in [3.05, 3.63) is 41.5 Å². The van der Waals surface area contributed by atoms with Crippen LogP contribution in [-0.2, 0) is 11.0 Å². The predicted molar refractivity (Wildman–Crippen MR) is 127 cm³/mol. The normalized spacial score (nSPS) is 28.8. The summed E-state index contributed by atoms with van der Waals surface area (Å²) in [7, 11) is 0. The van der Waals surface area contributed by atoms with Crippen molar-refractivity contribution in [1.29, 1.82) is 0 Å². The Balaban J connectivity index is 1.74. The highest BCUT2D eigenvalue weighted by molar-refractivity contribution is 5.59. The number of hydrogen-bond acceptors (Lipinski definition) is 5. The van der Waals surface area contributed by atoms with Crippen LogP contribution in [0.2, 0.25) is 0 Å². The molecule has 2 fully saturated rings. The molecule has 5 rings (SSSR count). The number of phenolic OH excluding ortho intramolecular Hbond substituents is 4. The summed E-state index contributed by atoms with van der Waals surface area (Å²) in [5, 5.41) is 42.4. The molecule has 178 valence electrons. The standard InChI is InChI=1S/C28H36O5/c1-27(18-8-4-2-5-9-18)17-28(19-10-6-3-7-11-19,21-13-12-20(29)16-24(21)31)33-26-22(27)14-15-23(30)25(26)32/h12-16,18-19,29-32H,2-11,17H2,1H3. The summed E-state index contributed by atoms with van der Waals surface area (Å²) in [6.07, 6.45) is 12.0. The molecular formula is C28H36O5. The summed E-state index contributed by atoms with van der Waals surface area (Å²) in [5.74, 6) is 0.588. The second-order valence-corrected chi connectivity index (χ2v) is 10.8. The fraction of sp³-hybridized carbons (Fsp3) is 0.571. The Labute approximate surface area is 196 Å². The lowest BCUT2D eigenvalue weighted by Crippen LogP contribution is -2.52. The number of benzene rings is 2. The van der Waals surface area contributed by atoms with Gasteiger partial charge in [-0.15, -0.1) is 0 Å². The number of fused-ring (bicyclic) bond motifs is 1. The minimum Gasteiger partial charge on any atom is -0.508 e. The molecule has 2 aliphatic carbocycles. The number of hydrogen-bond donors (Lipinski definition) is 4. The van der Waals surface area contributed by atoms with Gasteiger partial charge in [0.15, 0.2) is 11.5 Å². The lowest BCUT2D eigenvalue weighted by molar-refractivity contribution is -0.0696. The maximum absolute atomic E-state index is 11.0. The van der Waals surface area contributed by atoms with Gasteiger partial charge in [0.2, 0.25) is 5.75 Å². The second kappa shape index (κ2) is 8.34. The first kappa shape index (κ1) is 22.2. The van der Waals surface area contributed by atoms with E-state index in [2.05, 4.69) is 6.92 Å². The molecule has 2 saturated carbocycles. The number of aromatic hydroxyl groups is 4. The molecule has 2 aromatic rings. The fourth-order valence-corrected chi connectivity index (χ4v) is 7.12. The highest BCUT2D eigenvalue weighted by atomic mass is 16.5. The van der Waals surface area contributed by atoms with Gasteiger partial charge in [0, 0.05) is 34.9 Å². The van der Waals surface area contributed by atoms with Crippen molar-refractivity contribution < 1.29 is 25.2 Å². The Bertz CT molecular complexity index is 1020. The van der Waals surface area contributed by atoms with Gasteiger partial charge in [0.1, 0.15) is 17.1 Å². The van der Waals surface area contributed by atoms with Crippen LogP contribution < -0.4 is 4.74 Å². The number of ether oxygens (including phenoxy) is 1. The maximum atomic E-state index is 11.0. The number of rotatable bonds is 3. The lowest BCUT2D eigenvalue weighted by atomic mass is 9.56. The van der Waals surface area contributed by atoms with Crippen LogP contribution in [0.1, 0.15) is 88.7 Å². The molecule has 33 heavy (non-hydrogen) atoms. The van der Waals surface area contributed by atoms with Gasteiger partial charge >= 0.3 is 0 Å². The molecule has 0 spiro atoms. The topological polar surface area (TPSA) is 90.2 Å². The van der Waals surface area contributed by atoms with E-state index in [0.29, 0.717) is 23.7 Å². The zero-order valence-corrected chi connectivity index (χ0v) is 19.5. The van der Waals surface area contributed by atoms with Crippen LogP contribution in [0.3, 0.4) is 0 Å². The van der Waals surface area contributed by atoms with Crippen LogP contribution >= 0.6 is 0 Å². The summed E-state index contributed by atoms with van der Waals surface area (Å²) in [5.41, 5.74) is 0.501. The van der Waals surface area contributed by atoms with E-state index >= 15 is 0 Å². The molecule has 3 aliphatic rings. The van der Waals surface area contributed by atoms with Crippen LogP contribution in [0.4, 0.5) is 0 Å². The van der Waals surface area contributed by atoms with Crippen LogP contribution in [0.15, 0.2) is 30.3 Å². The monoisotopic (exact) mass is 452 g/mol. The summed E-state index contributed by atoms with van der Waals surface area (Å²) < 4.78 is 6.81. The molecule has 0 aromatic heterocycles. The molecule has 5 nitrogen and oxygen atoms in total. The summed E-state index contributed by atoms with van der Waals surface area (Å²) in [6, 6.07) is 8.27. The molecule has 2 atom stereocenters. The minimum absolute atomic E-state index is 0.0155. The Hall–Kier alpha value is -2.56. The molecule has 0 amide bonds. The van der Waals surface area contributed by atoms with Gasteiger partial charge in [0.25, 0.3) is 0 Å². The summed E-state index contributed by atoms with van der Waals surface area (Å²) in [6.45, 7) is 2.29. The van der Waals surface area contributed by atoms with Crippen molar-refractivity contribution in [1.82, 2.24) is 0 Å². The van der Waals surface area contributed by atoms with Crippen LogP contribution in [0, 0.1) is 11.8 Å². The quantitative estimate of drug-likeness (QED) is 0.394. The predicted octanol–water partition coefficient (Wildman–Crippen LogP) is 6.61. The third-order valence-corrected chi connectivity index (χ3v) is 8.85. The van der Waals surface area contributed by atoms with E-state index in [9.17, 15) is 20.4 Å². The minimum atomic E-state index is -0.845. The second-order valence-electron chi connectivity index (χ2n) is 10.8. The van der Waals surface area contributed by atoms with Gasteiger partial charge in [0.05, 0.1) is 0 Å². The van der Waals surface area contributed by atoms with E-state index in [1.807, 2.05) is 6.07 Å². The molecule has 2 aromatic carbocycles. The average molecular weight is 453 g/mol. The molecular weight excluding hydrogens is 416 g/mol. The fourth-order valence-electron chi connectivity index (χ4n) is 7.12. The molecule has 2 unspecified atom stereocenters. The molecule has 1 heterocycles. The van der Waals surface area contributed by atoms with Gasteiger partial charge in [-0.25, -0.2) is 0 Å². The molecule has 1 aliphatic heterocycles. The van der Waals surface area contributed by atoms with Crippen molar-refractivity contribution in [2.45, 2.75) is 88.6 Å².